The van der Waals surface area contributed by atoms with Gasteiger partial charge in [0, 0.05) is 6.54 Å². The molecule has 0 radical (unpaired) electrons. The van der Waals surface area contributed by atoms with E-state index in [2.05, 4.69) is 12.2 Å². The predicted octanol–water partition coefficient (Wildman–Crippen LogP) is -0.325. The third-order valence-electron chi connectivity index (χ3n) is 4.88. The molecule has 2 N–H and O–H groups in total. The van der Waals surface area contributed by atoms with Crippen LogP contribution in [0.15, 0.2) is 0 Å². The summed E-state index contributed by atoms with van der Waals surface area (Å²) < 4.78 is 47.7. The van der Waals surface area contributed by atoms with Crippen LogP contribution in [0.25, 0.3) is 0 Å². The van der Waals surface area contributed by atoms with Crippen molar-refractivity contribution >= 4 is 16.2 Å². The summed E-state index contributed by atoms with van der Waals surface area (Å²) in [6.07, 6.45) is 10.6. The maximum absolute atomic E-state index is 11.6. The van der Waals surface area contributed by atoms with Gasteiger partial charge >= 0.3 is 35.7 Å². The van der Waals surface area contributed by atoms with E-state index in [1.165, 1.54) is 51.4 Å². The number of hydrogen-bond donors (Lipinski definition) is 2. The monoisotopic (exact) mass is 475 g/mol. The first kappa shape index (κ1) is 31.1. The zero-order valence-electron chi connectivity index (χ0n) is 19.1. The Morgan fingerprint density at radius 3 is 2.29 bits per heavy atom. The first-order chi connectivity index (χ1) is 14.3. The maximum Gasteiger partial charge on any atom is 1.00 e. The van der Waals surface area contributed by atoms with Crippen molar-refractivity contribution in [2.24, 2.45) is 0 Å². The Labute approximate surface area is 209 Å². The largest absolute Gasteiger partial charge is 1.00 e. The van der Waals surface area contributed by atoms with Crippen LogP contribution in [-0.2, 0) is 24.3 Å². The van der Waals surface area contributed by atoms with E-state index >= 15 is 0 Å². The van der Waals surface area contributed by atoms with E-state index in [1.807, 2.05) is 0 Å². The zero-order valence-corrected chi connectivity index (χ0v) is 21.9. The van der Waals surface area contributed by atoms with Gasteiger partial charge in [0.05, 0.1) is 28.6 Å². The van der Waals surface area contributed by atoms with Gasteiger partial charge in [-0.1, -0.05) is 64.7 Å². The van der Waals surface area contributed by atoms with E-state index in [-0.39, 0.29) is 55.1 Å². The maximum atomic E-state index is 11.6. The minimum absolute atomic E-state index is 0. The van der Waals surface area contributed by atoms with Gasteiger partial charge < -0.3 is 29.2 Å². The molecule has 0 bridgehead atoms. The second-order valence-electron chi connectivity index (χ2n) is 7.85. The molecule has 1 amide bonds. The summed E-state index contributed by atoms with van der Waals surface area (Å²) in [6.45, 7) is 2.18. The molecule has 0 saturated carbocycles. The third-order valence-corrected chi connectivity index (χ3v) is 5.68. The van der Waals surface area contributed by atoms with E-state index < -0.39 is 28.1 Å². The number of nitrogens with one attached hydrogen (secondary N) is 1. The second-order valence-corrected chi connectivity index (χ2v) is 9.30. The molecule has 0 aliphatic carbocycles. The molecule has 31 heavy (non-hydrogen) atoms. The number of aliphatic hydroxyl groups is 1. The molecule has 1 saturated heterocycles. The number of carbonyl (C=O) groups is 1. The number of amides is 1. The number of hydrogen-bond acceptors (Lipinski definition) is 8. The normalized spacial score (nSPS) is 19.6. The number of alkyl carbamates (subject to hydrolysis) is 1. The molecule has 178 valence electrons. The van der Waals surface area contributed by atoms with E-state index in [0.29, 0.717) is 6.61 Å². The average Bonchev–Trinajstić information content (AvgIpc) is 3.12. The van der Waals surface area contributed by atoms with Crippen LogP contribution in [0.5, 0.6) is 0 Å². The van der Waals surface area contributed by atoms with Gasteiger partial charge in [0.1, 0.15) is 12.7 Å². The Morgan fingerprint density at radius 2 is 1.71 bits per heavy atom. The van der Waals surface area contributed by atoms with Crippen molar-refractivity contribution in [2.75, 3.05) is 25.5 Å². The van der Waals surface area contributed by atoms with Gasteiger partial charge in [-0.25, -0.2) is 13.2 Å². The minimum Gasteiger partial charge on any atom is -0.748 e. The fourth-order valence-electron chi connectivity index (χ4n) is 3.26. The summed E-state index contributed by atoms with van der Waals surface area (Å²) >= 11 is 0. The van der Waals surface area contributed by atoms with Crippen LogP contribution in [0.2, 0.25) is 0 Å². The summed E-state index contributed by atoms with van der Waals surface area (Å²) in [5, 5.41) is 11.6. The molecule has 3 unspecified atom stereocenters. The molecule has 1 fully saturated rings. The Bertz CT molecular complexity index is 563. The third kappa shape index (κ3) is 18.2. The molecule has 0 aromatic rings. The van der Waals surface area contributed by atoms with E-state index in [0.717, 1.165) is 19.3 Å². The Balaban J connectivity index is 0.00000900. The summed E-state index contributed by atoms with van der Waals surface area (Å²) in [6, 6.07) is 0. The predicted molar refractivity (Wildman–Crippen MR) is 111 cm³/mol. The van der Waals surface area contributed by atoms with Gasteiger partial charge in [0.25, 0.3) is 0 Å². The number of aliphatic hydroxyl groups excluding tert-OH is 1. The Hall–Kier alpha value is 0.0600. The fourth-order valence-corrected chi connectivity index (χ4v) is 3.85. The molecule has 0 aromatic carbocycles. The first-order valence-corrected chi connectivity index (χ1v) is 12.7. The van der Waals surface area contributed by atoms with E-state index in [4.69, 9.17) is 14.2 Å². The number of rotatable bonds is 17. The average molecular weight is 476 g/mol. The van der Waals surface area contributed by atoms with Crippen LogP contribution in [0.1, 0.15) is 77.6 Å². The molecule has 0 aromatic heterocycles. The van der Waals surface area contributed by atoms with Crippen LogP contribution in [-0.4, -0.2) is 68.2 Å². The van der Waals surface area contributed by atoms with Crippen LogP contribution >= 0.6 is 0 Å². The summed E-state index contributed by atoms with van der Waals surface area (Å²) in [5.41, 5.74) is 0. The summed E-state index contributed by atoms with van der Waals surface area (Å²) in [5.74, 6) is -0.965. The molecule has 11 heteroatoms. The minimum atomic E-state index is -4.55. The molecule has 9 nitrogen and oxygen atoms in total. The second kappa shape index (κ2) is 18.5. The SMILES string of the molecule is CCCCCCCCCCCCC1OCC(COC(=O)NCC(O)CS(=O)(=O)[O-])O1.[Na+]. The standard InChI is InChI=1S/C20H39NO8S.Na/c1-2-3-4-5-6-7-8-9-10-11-12-19-27-14-18(29-19)15-28-20(23)21-13-17(22)16-30(24,25)26;/h17-19,22H,2-16H2,1H3,(H,21,23)(H,24,25,26);/q;+1/p-1. The van der Waals surface area contributed by atoms with Gasteiger partial charge in [0.15, 0.2) is 6.29 Å². The van der Waals surface area contributed by atoms with Gasteiger partial charge in [-0.3, -0.25) is 0 Å². The smallest absolute Gasteiger partial charge is 0.748 e. The van der Waals surface area contributed by atoms with Gasteiger partial charge in [-0.05, 0) is 12.8 Å². The molecule has 1 rings (SSSR count). The van der Waals surface area contributed by atoms with Crippen LogP contribution < -0.4 is 34.9 Å². The van der Waals surface area contributed by atoms with Crippen molar-refractivity contribution in [2.45, 2.75) is 96.1 Å². The zero-order chi connectivity index (χ0) is 22.2. The summed E-state index contributed by atoms with van der Waals surface area (Å²) in [4.78, 5) is 11.6. The molecule has 3 atom stereocenters. The molecule has 1 aliphatic heterocycles. The molecular formula is C20H38NNaO8S. The van der Waals surface area contributed by atoms with Crippen molar-refractivity contribution in [1.29, 1.82) is 0 Å². The fraction of sp³-hybridized carbons (Fsp3) is 0.950. The Kier molecular flexibility index (Phi) is 18.5. The van der Waals surface area contributed by atoms with Gasteiger partial charge in [-0.15, -0.1) is 0 Å². The van der Waals surface area contributed by atoms with Crippen molar-refractivity contribution in [1.82, 2.24) is 5.32 Å². The van der Waals surface area contributed by atoms with Gasteiger partial charge in [-0.2, -0.15) is 0 Å². The van der Waals surface area contributed by atoms with Crippen molar-refractivity contribution in [3.63, 3.8) is 0 Å². The molecular weight excluding hydrogens is 437 g/mol. The molecule has 1 aliphatic rings. The van der Waals surface area contributed by atoms with E-state index in [9.17, 15) is 22.9 Å². The van der Waals surface area contributed by atoms with Crippen LogP contribution in [0.3, 0.4) is 0 Å². The quantitative estimate of drug-likeness (QED) is 0.166. The Morgan fingerprint density at radius 1 is 1.13 bits per heavy atom. The van der Waals surface area contributed by atoms with E-state index in [1.54, 1.807) is 0 Å². The summed E-state index contributed by atoms with van der Waals surface area (Å²) in [7, 11) is -4.55. The van der Waals surface area contributed by atoms with Crippen molar-refractivity contribution in [3.05, 3.63) is 0 Å². The first-order valence-electron chi connectivity index (χ1n) is 11.1. The number of unbranched alkanes of at least 4 members (excludes halogenated alkanes) is 9. The molecule has 0 spiro atoms. The number of ether oxygens (including phenoxy) is 3. The topological polar surface area (TPSA) is 134 Å². The van der Waals surface area contributed by atoms with Crippen molar-refractivity contribution < 1.29 is 66.6 Å². The number of carbonyl (C=O) groups excluding carboxylic acids is 1. The van der Waals surface area contributed by atoms with Crippen molar-refractivity contribution in [3.8, 4) is 0 Å². The van der Waals surface area contributed by atoms with Gasteiger partial charge in [0.2, 0.25) is 0 Å². The van der Waals surface area contributed by atoms with Crippen LogP contribution in [0.4, 0.5) is 4.79 Å². The molecule has 1 heterocycles. The van der Waals surface area contributed by atoms with Crippen LogP contribution in [0, 0.1) is 0 Å².